The highest BCUT2D eigenvalue weighted by atomic mass is 16.6. The van der Waals surface area contributed by atoms with Crippen molar-refractivity contribution in [2.45, 2.75) is 45.8 Å². The number of nitrogens with one attached hydrogen (secondary N) is 1. The minimum Gasteiger partial charge on any atom is -0.450 e. The van der Waals surface area contributed by atoms with Gasteiger partial charge in [0.05, 0.1) is 6.61 Å². The summed E-state index contributed by atoms with van der Waals surface area (Å²) in [6.07, 6.45) is 0.999. The Morgan fingerprint density at radius 1 is 1.10 bits per heavy atom. The fourth-order valence-corrected chi connectivity index (χ4v) is 4.62. The van der Waals surface area contributed by atoms with Gasteiger partial charge in [-0.25, -0.2) is 4.79 Å². The smallest absolute Gasteiger partial charge is 0.409 e. The Labute approximate surface area is 177 Å². The van der Waals surface area contributed by atoms with Crippen molar-refractivity contribution in [3.05, 3.63) is 64.7 Å². The number of piperidine rings is 1. The molecule has 0 bridgehead atoms. The zero-order valence-electron chi connectivity index (χ0n) is 17.9. The Balaban J connectivity index is 1.58. The van der Waals surface area contributed by atoms with Gasteiger partial charge in [-0.2, -0.15) is 0 Å². The summed E-state index contributed by atoms with van der Waals surface area (Å²) in [5.41, 5.74) is 5.14. The van der Waals surface area contributed by atoms with Crippen molar-refractivity contribution in [1.82, 2.24) is 9.80 Å². The van der Waals surface area contributed by atoms with Gasteiger partial charge in [-0.15, -0.1) is 0 Å². The third-order valence-electron chi connectivity index (χ3n) is 5.91. The van der Waals surface area contributed by atoms with Crippen molar-refractivity contribution in [2.24, 2.45) is 0 Å². The summed E-state index contributed by atoms with van der Waals surface area (Å²) in [7, 11) is 0. The highest BCUT2D eigenvalue weighted by Gasteiger charge is 2.42. The van der Waals surface area contributed by atoms with Crippen molar-refractivity contribution >= 4 is 17.7 Å². The monoisotopic (exact) mass is 407 g/mol. The van der Waals surface area contributed by atoms with Gasteiger partial charge in [-0.3, -0.25) is 4.79 Å². The highest BCUT2D eigenvalue weighted by molar-refractivity contribution is 5.99. The van der Waals surface area contributed by atoms with Crippen molar-refractivity contribution in [3.63, 3.8) is 0 Å². The fraction of sp³-hybridized carbons (Fsp3) is 0.417. The molecule has 2 aromatic carbocycles. The molecule has 0 radical (unpaired) electrons. The highest BCUT2D eigenvalue weighted by Crippen LogP contribution is 2.38. The lowest BCUT2D eigenvalue weighted by atomic mass is 10.0. The molecule has 2 aliphatic heterocycles. The van der Waals surface area contributed by atoms with Gasteiger partial charge < -0.3 is 19.9 Å². The molecule has 6 heteroatoms. The average molecular weight is 408 g/mol. The Morgan fingerprint density at radius 2 is 1.77 bits per heavy atom. The van der Waals surface area contributed by atoms with E-state index in [2.05, 4.69) is 37.4 Å². The molecule has 6 nitrogen and oxygen atoms in total. The largest absolute Gasteiger partial charge is 0.450 e. The molecule has 2 aromatic rings. The quantitative estimate of drug-likeness (QED) is 0.811. The van der Waals surface area contributed by atoms with Gasteiger partial charge in [0.1, 0.15) is 6.17 Å². The van der Waals surface area contributed by atoms with Crippen molar-refractivity contribution in [2.75, 3.05) is 25.0 Å². The molecule has 30 heavy (non-hydrogen) atoms. The molecule has 4 rings (SSSR count). The zero-order chi connectivity index (χ0) is 21.3. The maximum Gasteiger partial charge on any atom is 0.409 e. The van der Waals surface area contributed by atoms with Gasteiger partial charge >= 0.3 is 6.09 Å². The van der Waals surface area contributed by atoms with Gasteiger partial charge in [0.25, 0.3) is 5.91 Å². The van der Waals surface area contributed by atoms with Crippen molar-refractivity contribution in [3.8, 4) is 0 Å². The van der Waals surface area contributed by atoms with Crippen LogP contribution in [0, 0.1) is 13.8 Å². The van der Waals surface area contributed by atoms with Crippen LogP contribution in [0.2, 0.25) is 0 Å². The lowest BCUT2D eigenvalue weighted by molar-refractivity contribution is 0.0496. The minimum absolute atomic E-state index is 0.0575. The number of ether oxygens (including phenoxy) is 1. The minimum atomic E-state index is -0.267. The molecule has 0 saturated carbocycles. The number of likely N-dealkylation sites (tertiary alicyclic amines) is 1. The van der Waals surface area contributed by atoms with Crippen molar-refractivity contribution in [1.29, 1.82) is 0 Å². The lowest BCUT2D eigenvalue weighted by Gasteiger charge is -2.39. The summed E-state index contributed by atoms with van der Waals surface area (Å²) in [6.45, 7) is 7.54. The number of anilines is 1. The lowest BCUT2D eigenvalue weighted by Crippen LogP contribution is -2.49. The van der Waals surface area contributed by atoms with Gasteiger partial charge in [-0.1, -0.05) is 24.3 Å². The van der Waals surface area contributed by atoms with Gasteiger partial charge in [0.15, 0.2) is 0 Å². The molecule has 158 valence electrons. The number of nitrogens with zero attached hydrogens (tertiary/aromatic N) is 2. The summed E-state index contributed by atoms with van der Waals surface area (Å²) >= 11 is 0. The first-order chi connectivity index (χ1) is 14.5. The molecule has 0 spiro atoms. The average Bonchev–Trinajstić information content (AvgIpc) is 2.99. The molecule has 2 amide bonds. The zero-order valence-corrected chi connectivity index (χ0v) is 17.9. The van der Waals surface area contributed by atoms with Crippen LogP contribution in [0.1, 0.15) is 53.0 Å². The molecular formula is C24H29N3O3. The van der Waals surface area contributed by atoms with Crippen LogP contribution >= 0.6 is 0 Å². The fourth-order valence-electron chi connectivity index (χ4n) is 4.62. The van der Waals surface area contributed by atoms with E-state index in [-0.39, 0.29) is 24.2 Å². The number of hydrogen-bond acceptors (Lipinski definition) is 4. The van der Waals surface area contributed by atoms with E-state index in [9.17, 15) is 9.59 Å². The van der Waals surface area contributed by atoms with Crippen LogP contribution in [0.5, 0.6) is 0 Å². The maximum absolute atomic E-state index is 13.3. The first-order valence-electron chi connectivity index (χ1n) is 10.7. The number of rotatable bonds is 4. The van der Waals surface area contributed by atoms with Crippen LogP contribution < -0.4 is 5.32 Å². The maximum atomic E-state index is 13.3. The van der Waals surface area contributed by atoms with Gasteiger partial charge in [-0.05, 0) is 62.9 Å². The van der Waals surface area contributed by atoms with Crippen LogP contribution in [-0.2, 0) is 4.74 Å². The van der Waals surface area contributed by atoms with Crippen molar-refractivity contribution < 1.29 is 14.3 Å². The van der Waals surface area contributed by atoms with E-state index in [1.54, 1.807) is 4.90 Å². The Bertz CT molecular complexity index is 930. The third kappa shape index (κ3) is 3.86. The summed E-state index contributed by atoms with van der Waals surface area (Å²) in [6, 6.07) is 14.3. The second-order valence-corrected chi connectivity index (χ2v) is 8.14. The van der Waals surface area contributed by atoms with E-state index in [0.29, 0.717) is 19.7 Å². The molecule has 1 N–H and O–H groups in total. The second-order valence-electron chi connectivity index (χ2n) is 8.14. The predicted molar refractivity (Wildman–Crippen MR) is 117 cm³/mol. The number of amides is 2. The van der Waals surface area contributed by atoms with Crippen LogP contribution in [0.25, 0.3) is 0 Å². The number of fused-ring (bicyclic) bond motifs is 1. The summed E-state index contributed by atoms with van der Waals surface area (Å²) in [4.78, 5) is 29.1. The summed E-state index contributed by atoms with van der Waals surface area (Å²) in [5.74, 6) is 0.0575. The number of hydrogen-bond donors (Lipinski definition) is 1. The molecule has 0 aromatic heterocycles. The molecule has 1 saturated heterocycles. The third-order valence-corrected chi connectivity index (χ3v) is 5.91. The molecule has 2 aliphatic rings. The summed E-state index contributed by atoms with van der Waals surface area (Å²) < 4.78 is 5.13. The van der Waals surface area contributed by atoms with Crippen LogP contribution in [0.3, 0.4) is 0 Å². The Hall–Kier alpha value is -3.02. The molecule has 2 heterocycles. The van der Waals surface area contributed by atoms with Crippen LogP contribution in [0.4, 0.5) is 10.5 Å². The molecule has 1 fully saturated rings. The number of benzene rings is 2. The molecule has 0 aliphatic carbocycles. The number of aryl methyl sites for hydroxylation is 2. The van der Waals surface area contributed by atoms with Gasteiger partial charge in [0, 0.05) is 35.9 Å². The molecule has 1 atom stereocenters. The Kier molecular flexibility index (Phi) is 5.66. The van der Waals surface area contributed by atoms with E-state index in [0.717, 1.165) is 29.7 Å². The van der Waals surface area contributed by atoms with Crippen LogP contribution in [0.15, 0.2) is 42.5 Å². The summed E-state index contributed by atoms with van der Waals surface area (Å²) in [5, 5.41) is 3.61. The topological polar surface area (TPSA) is 61.9 Å². The first kappa shape index (κ1) is 20.3. The second kappa shape index (κ2) is 8.38. The van der Waals surface area contributed by atoms with Crippen LogP contribution in [-0.4, -0.2) is 47.5 Å². The van der Waals surface area contributed by atoms with E-state index >= 15 is 0 Å². The van der Waals surface area contributed by atoms with E-state index in [4.69, 9.17) is 4.74 Å². The van der Waals surface area contributed by atoms with Gasteiger partial charge in [0.2, 0.25) is 0 Å². The number of carbonyl (C=O) groups excluding carboxylic acids is 2. The van der Waals surface area contributed by atoms with E-state index in [1.807, 2.05) is 36.1 Å². The normalized spacial score (nSPS) is 19.0. The molecule has 0 unspecified atom stereocenters. The van der Waals surface area contributed by atoms with E-state index < -0.39 is 0 Å². The first-order valence-corrected chi connectivity index (χ1v) is 10.7. The van der Waals surface area contributed by atoms with E-state index in [1.165, 1.54) is 11.1 Å². The predicted octanol–water partition coefficient (Wildman–Crippen LogP) is 4.49. The SMILES string of the molecule is CCOC(=O)N1CCC(N2C(=O)c3ccccc3[C@@H]2Nc2cc(C)cc(C)c2)CC1. The Morgan fingerprint density at radius 3 is 2.43 bits per heavy atom. The standard InChI is InChI=1S/C24H29N3O3/c1-4-30-24(29)26-11-9-19(10-12-26)27-22(20-7-5-6-8-21(20)23(27)28)25-18-14-16(2)13-17(3)15-18/h5-8,13-15,19,22,25H,4,9-12H2,1-3H3/t22-/m1/s1. The molecular weight excluding hydrogens is 378 g/mol. The number of carbonyl (C=O) groups is 2.